The molecule has 9 heteroatoms. The summed E-state index contributed by atoms with van der Waals surface area (Å²) in [6.45, 7) is 2.56. The van der Waals surface area contributed by atoms with Crippen molar-refractivity contribution in [3.8, 4) is 0 Å². The van der Waals surface area contributed by atoms with Gasteiger partial charge in [-0.25, -0.2) is 4.98 Å². The van der Waals surface area contributed by atoms with Crippen molar-refractivity contribution in [3.63, 3.8) is 0 Å². The zero-order chi connectivity index (χ0) is 17.1. The third kappa shape index (κ3) is 3.52. The number of benzene rings is 1. The summed E-state index contributed by atoms with van der Waals surface area (Å²) in [6, 6.07) is 9.17. The molecule has 0 bridgehead atoms. The van der Waals surface area contributed by atoms with Crippen LogP contribution in [0, 0.1) is 17.0 Å². The highest BCUT2D eigenvalue weighted by Gasteiger charge is 2.19. The number of thiazole rings is 1. The topological polar surface area (TPSA) is 97.2 Å². The molecule has 2 N–H and O–H groups in total. The van der Waals surface area contributed by atoms with Crippen LogP contribution in [0.25, 0.3) is 10.2 Å². The number of carbonyl (C=O) groups is 1. The number of anilines is 1. The Morgan fingerprint density at radius 3 is 2.79 bits per heavy atom. The van der Waals surface area contributed by atoms with Gasteiger partial charge in [0, 0.05) is 19.2 Å². The molecule has 2 heterocycles. The predicted molar refractivity (Wildman–Crippen MR) is 96.2 cm³/mol. The number of para-hydroxylation sites is 1. The van der Waals surface area contributed by atoms with Gasteiger partial charge in [0.15, 0.2) is 5.13 Å². The Morgan fingerprint density at radius 1 is 1.29 bits per heavy atom. The Kier molecular flexibility index (Phi) is 4.72. The van der Waals surface area contributed by atoms with Crippen molar-refractivity contribution in [2.45, 2.75) is 6.92 Å². The molecule has 0 fully saturated rings. The molecular weight excluding hydrogens is 348 g/mol. The van der Waals surface area contributed by atoms with Gasteiger partial charge in [0.25, 0.3) is 11.6 Å². The number of thiophene rings is 1. The summed E-state index contributed by atoms with van der Waals surface area (Å²) in [7, 11) is 0. The summed E-state index contributed by atoms with van der Waals surface area (Å²) in [4.78, 5) is 27.7. The number of hydrogen-bond acceptors (Lipinski definition) is 7. The zero-order valence-electron chi connectivity index (χ0n) is 12.7. The van der Waals surface area contributed by atoms with Crippen molar-refractivity contribution in [1.29, 1.82) is 0 Å². The molecule has 0 aliphatic rings. The van der Waals surface area contributed by atoms with Crippen LogP contribution >= 0.6 is 22.7 Å². The lowest BCUT2D eigenvalue weighted by atomic mass is 10.3. The second kappa shape index (κ2) is 6.93. The molecule has 0 saturated carbocycles. The molecule has 1 aromatic carbocycles. The van der Waals surface area contributed by atoms with E-state index in [4.69, 9.17) is 0 Å². The van der Waals surface area contributed by atoms with Crippen molar-refractivity contribution >= 4 is 49.6 Å². The van der Waals surface area contributed by atoms with Crippen LogP contribution < -0.4 is 10.6 Å². The minimum Gasteiger partial charge on any atom is -0.360 e. The van der Waals surface area contributed by atoms with Crippen molar-refractivity contribution in [2.24, 2.45) is 0 Å². The molecule has 0 radical (unpaired) electrons. The minimum atomic E-state index is -0.475. The molecule has 0 aliphatic heterocycles. The van der Waals surface area contributed by atoms with Crippen molar-refractivity contribution in [3.05, 3.63) is 50.2 Å². The van der Waals surface area contributed by atoms with Crippen LogP contribution in [0.5, 0.6) is 0 Å². The molecule has 0 unspecified atom stereocenters. The highest BCUT2D eigenvalue weighted by molar-refractivity contribution is 7.22. The molecule has 0 saturated heterocycles. The fraction of sp³-hybridized carbons (Fsp3) is 0.200. The Labute approximate surface area is 145 Å². The van der Waals surface area contributed by atoms with E-state index >= 15 is 0 Å². The minimum absolute atomic E-state index is 0.0160. The summed E-state index contributed by atoms with van der Waals surface area (Å²) in [5, 5.41) is 17.5. The number of amides is 1. The second-order valence-corrected chi connectivity index (χ2v) is 7.27. The van der Waals surface area contributed by atoms with Gasteiger partial charge in [-0.2, -0.15) is 0 Å². The lowest BCUT2D eigenvalue weighted by Crippen LogP contribution is -2.28. The normalized spacial score (nSPS) is 10.7. The molecule has 2 aromatic heterocycles. The highest BCUT2D eigenvalue weighted by Crippen LogP contribution is 2.28. The predicted octanol–water partition coefficient (Wildman–Crippen LogP) is 3.42. The molecule has 3 aromatic rings. The van der Waals surface area contributed by atoms with Crippen LogP contribution in [-0.2, 0) is 0 Å². The van der Waals surface area contributed by atoms with Crippen LogP contribution in [0.4, 0.5) is 10.8 Å². The first-order chi connectivity index (χ1) is 11.5. The van der Waals surface area contributed by atoms with E-state index in [1.165, 1.54) is 6.07 Å². The second-order valence-electron chi connectivity index (χ2n) is 4.98. The SMILES string of the molecule is Cc1sc(C(=O)NCCNc2nc3ccccc3s2)cc1[N+](=O)[O-]. The van der Waals surface area contributed by atoms with Gasteiger partial charge in [-0.15, -0.1) is 11.3 Å². The molecule has 0 atom stereocenters. The Hall–Kier alpha value is -2.52. The lowest BCUT2D eigenvalue weighted by Gasteiger charge is -2.04. The number of aromatic nitrogens is 1. The maximum atomic E-state index is 12.0. The molecule has 1 amide bonds. The number of nitrogens with zero attached hydrogens (tertiary/aromatic N) is 2. The van der Waals surface area contributed by atoms with Crippen molar-refractivity contribution in [1.82, 2.24) is 10.3 Å². The van der Waals surface area contributed by atoms with Crippen LogP contribution in [0.2, 0.25) is 0 Å². The first-order valence-electron chi connectivity index (χ1n) is 7.17. The fourth-order valence-corrected chi connectivity index (χ4v) is 3.94. The number of aryl methyl sites for hydroxylation is 1. The van der Waals surface area contributed by atoms with Crippen LogP contribution in [-0.4, -0.2) is 28.9 Å². The standard InChI is InChI=1S/C15H14N4O3S2/c1-9-11(19(21)22)8-13(23-9)14(20)16-6-7-17-15-18-10-4-2-3-5-12(10)24-15/h2-5,8H,6-7H2,1H3,(H,16,20)(H,17,18). The Morgan fingerprint density at radius 2 is 2.08 bits per heavy atom. The fourth-order valence-electron chi connectivity index (χ4n) is 2.15. The number of nitrogens with one attached hydrogen (secondary N) is 2. The van der Waals surface area contributed by atoms with Gasteiger partial charge < -0.3 is 10.6 Å². The maximum Gasteiger partial charge on any atom is 0.283 e. The molecule has 7 nitrogen and oxygen atoms in total. The summed E-state index contributed by atoms with van der Waals surface area (Å²) in [6.07, 6.45) is 0. The first kappa shape index (κ1) is 16.3. The average molecular weight is 362 g/mol. The Balaban J connectivity index is 1.51. The number of nitro groups is 1. The van der Waals surface area contributed by atoms with Gasteiger partial charge in [-0.05, 0) is 19.1 Å². The first-order valence-corrected chi connectivity index (χ1v) is 8.80. The number of fused-ring (bicyclic) bond motifs is 1. The van der Waals surface area contributed by atoms with E-state index in [2.05, 4.69) is 15.6 Å². The lowest BCUT2D eigenvalue weighted by molar-refractivity contribution is -0.385. The van der Waals surface area contributed by atoms with Gasteiger partial charge in [-0.3, -0.25) is 14.9 Å². The zero-order valence-corrected chi connectivity index (χ0v) is 14.4. The molecule has 124 valence electrons. The molecular formula is C15H14N4O3S2. The number of rotatable bonds is 6. The summed E-state index contributed by atoms with van der Waals surface area (Å²) in [5.74, 6) is -0.303. The van der Waals surface area contributed by atoms with Crippen molar-refractivity contribution in [2.75, 3.05) is 18.4 Å². The van der Waals surface area contributed by atoms with E-state index in [-0.39, 0.29) is 11.6 Å². The highest BCUT2D eigenvalue weighted by atomic mass is 32.1. The maximum absolute atomic E-state index is 12.0. The van der Waals surface area contributed by atoms with Gasteiger partial charge in [0.05, 0.1) is 24.9 Å². The Bertz CT molecular complexity index is 870. The van der Waals surface area contributed by atoms with Crippen LogP contribution in [0.15, 0.2) is 30.3 Å². The third-order valence-corrected chi connectivity index (χ3v) is 5.33. The van der Waals surface area contributed by atoms with Gasteiger partial charge in [0.1, 0.15) is 0 Å². The average Bonchev–Trinajstić information content (AvgIpc) is 3.14. The van der Waals surface area contributed by atoms with E-state index in [9.17, 15) is 14.9 Å². The van der Waals surface area contributed by atoms with Crippen molar-refractivity contribution < 1.29 is 9.72 Å². The quantitative estimate of drug-likeness (QED) is 0.398. The van der Waals surface area contributed by atoms with Crippen LogP contribution in [0.3, 0.4) is 0 Å². The number of hydrogen-bond donors (Lipinski definition) is 2. The van der Waals surface area contributed by atoms with Crippen LogP contribution in [0.1, 0.15) is 14.5 Å². The monoisotopic (exact) mass is 362 g/mol. The molecule has 3 rings (SSSR count). The third-order valence-electron chi connectivity index (χ3n) is 3.29. The van der Waals surface area contributed by atoms with E-state index < -0.39 is 4.92 Å². The van der Waals surface area contributed by atoms with E-state index in [0.717, 1.165) is 26.7 Å². The molecule has 0 aliphatic carbocycles. The van der Waals surface area contributed by atoms with E-state index in [1.807, 2.05) is 24.3 Å². The summed E-state index contributed by atoms with van der Waals surface area (Å²) >= 11 is 2.68. The van der Waals surface area contributed by atoms with Gasteiger partial charge in [0.2, 0.25) is 0 Å². The number of carbonyl (C=O) groups excluding carboxylic acids is 1. The smallest absolute Gasteiger partial charge is 0.283 e. The largest absolute Gasteiger partial charge is 0.360 e. The van der Waals surface area contributed by atoms with E-state index in [0.29, 0.717) is 22.8 Å². The van der Waals surface area contributed by atoms with Gasteiger partial charge in [-0.1, -0.05) is 23.5 Å². The van der Waals surface area contributed by atoms with E-state index in [1.54, 1.807) is 18.3 Å². The summed E-state index contributed by atoms with van der Waals surface area (Å²) in [5.41, 5.74) is 0.924. The molecule has 0 spiro atoms. The summed E-state index contributed by atoms with van der Waals surface area (Å²) < 4.78 is 1.10. The van der Waals surface area contributed by atoms with Gasteiger partial charge >= 0.3 is 0 Å². The molecule has 24 heavy (non-hydrogen) atoms.